The summed E-state index contributed by atoms with van der Waals surface area (Å²) in [5.74, 6) is 0.375. The van der Waals surface area contributed by atoms with Gasteiger partial charge in [0.15, 0.2) is 5.75 Å². The minimum absolute atomic E-state index is 0.00580. The van der Waals surface area contributed by atoms with Crippen molar-refractivity contribution < 1.29 is 9.84 Å². The third-order valence-corrected chi connectivity index (χ3v) is 2.46. The molecule has 0 spiro atoms. The molecule has 1 aromatic heterocycles. The highest BCUT2D eigenvalue weighted by atomic mass is 32.1. The Balaban J connectivity index is 2.28. The van der Waals surface area contributed by atoms with Crippen molar-refractivity contribution in [3.63, 3.8) is 0 Å². The van der Waals surface area contributed by atoms with Crippen molar-refractivity contribution in [1.29, 1.82) is 0 Å². The molecule has 15 heavy (non-hydrogen) atoms. The molecule has 6 heteroatoms. The lowest BCUT2D eigenvalue weighted by Gasteiger charge is -2.05. The number of nitrogens with two attached hydrogens (primary N) is 1. The van der Waals surface area contributed by atoms with Crippen LogP contribution in [0.4, 0.5) is 5.69 Å². The Hall–Kier alpha value is -1.82. The molecule has 5 nitrogen and oxygen atoms in total. The Labute approximate surface area is 90.1 Å². The highest BCUT2D eigenvalue weighted by molar-refractivity contribution is 7.13. The lowest BCUT2D eigenvalue weighted by atomic mass is 10.3. The molecule has 0 amide bonds. The zero-order chi connectivity index (χ0) is 10.8. The van der Waals surface area contributed by atoms with Crippen LogP contribution in [0.5, 0.6) is 16.7 Å². The Morgan fingerprint density at radius 3 is 2.87 bits per heavy atom. The van der Waals surface area contributed by atoms with Gasteiger partial charge >= 0.3 is 0 Å². The number of hydrogen-bond donors (Lipinski definition) is 2. The van der Waals surface area contributed by atoms with Gasteiger partial charge in [0.25, 0.3) is 5.19 Å². The standard InChI is InChI=1S/C9H9N3O2S/c1-5-11-12-9(15-5)14-7-4-2-3-6(13)8(7)10/h2-4,13H,10H2,1H3. The number of nitrogen functional groups attached to an aromatic ring is 1. The van der Waals surface area contributed by atoms with Crippen LogP contribution in [-0.4, -0.2) is 15.3 Å². The van der Waals surface area contributed by atoms with Gasteiger partial charge in [-0.1, -0.05) is 22.5 Å². The number of anilines is 1. The number of aromatic nitrogens is 2. The predicted octanol–water partition coefficient (Wildman–Crippen LogP) is 1.93. The average molecular weight is 223 g/mol. The predicted molar refractivity (Wildman–Crippen MR) is 57.2 cm³/mol. The summed E-state index contributed by atoms with van der Waals surface area (Å²) < 4.78 is 5.37. The zero-order valence-electron chi connectivity index (χ0n) is 7.97. The van der Waals surface area contributed by atoms with Crippen LogP contribution in [0.15, 0.2) is 18.2 Å². The number of phenols is 1. The van der Waals surface area contributed by atoms with Gasteiger partial charge in [0, 0.05) is 0 Å². The van der Waals surface area contributed by atoms with Gasteiger partial charge < -0.3 is 15.6 Å². The maximum absolute atomic E-state index is 9.35. The largest absolute Gasteiger partial charge is 0.506 e. The number of nitrogens with zero attached hydrogens (tertiary/aromatic N) is 2. The van der Waals surface area contributed by atoms with Crippen molar-refractivity contribution in [3.8, 4) is 16.7 Å². The minimum Gasteiger partial charge on any atom is -0.506 e. The number of ether oxygens (including phenoxy) is 1. The van der Waals surface area contributed by atoms with E-state index in [0.717, 1.165) is 5.01 Å². The number of rotatable bonds is 2. The van der Waals surface area contributed by atoms with Gasteiger partial charge in [-0.25, -0.2) is 0 Å². The number of aryl methyl sites for hydroxylation is 1. The van der Waals surface area contributed by atoms with Crippen molar-refractivity contribution >= 4 is 17.0 Å². The summed E-state index contributed by atoms with van der Waals surface area (Å²) in [4.78, 5) is 0. The van der Waals surface area contributed by atoms with Crippen LogP contribution in [0.2, 0.25) is 0 Å². The molecule has 2 aromatic rings. The summed E-state index contributed by atoms with van der Waals surface area (Å²) in [6.07, 6.45) is 0. The maximum Gasteiger partial charge on any atom is 0.299 e. The summed E-state index contributed by atoms with van der Waals surface area (Å²) in [7, 11) is 0. The molecule has 0 atom stereocenters. The summed E-state index contributed by atoms with van der Waals surface area (Å²) in [6, 6.07) is 4.80. The van der Waals surface area contributed by atoms with Crippen molar-refractivity contribution in [3.05, 3.63) is 23.2 Å². The monoisotopic (exact) mass is 223 g/mol. The van der Waals surface area contributed by atoms with E-state index in [-0.39, 0.29) is 11.4 Å². The summed E-state index contributed by atoms with van der Waals surface area (Å²) in [5, 5.41) is 18.2. The molecule has 0 unspecified atom stereocenters. The van der Waals surface area contributed by atoms with Crippen LogP contribution in [0, 0.1) is 6.92 Å². The number of phenolic OH excluding ortho intramolecular Hbond substituents is 1. The van der Waals surface area contributed by atoms with E-state index in [4.69, 9.17) is 10.5 Å². The molecule has 78 valence electrons. The van der Waals surface area contributed by atoms with E-state index in [0.29, 0.717) is 10.9 Å². The molecule has 0 aliphatic rings. The van der Waals surface area contributed by atoms with Crippen molar-refractivity contribution in [1.82, 2.24) is 10.2 Å². The molecule has 0 fully saturated rings. The summed E-state index contributed by atoms with van der Waals surface area (Å²) in [6.45, 7) is 1.83. The molecule has 3 N–H and O–H groups in total. The van der Waals surface area contributed by atoms with E-state index in [2.05, 4.69) is 10.2 Å². The number of hydrogen-bond acceptors (Lipinski definition) is 6. The van der Waals surface area contributed by atoms with E-state index in [1.807, 2.05) is 6.92 Å². The zero-order valence-corrected chi connectivity index (χ0v) is 8.78. The number of benzene rings is 1. The Bertz CT molecular complexity index is 484. The van der Waals surface area contributed by atoms with E-state index in [1.165, 1.54) is 17.4 Å². The molecular weight excluding hydrogens is 214 g/mol. The first-order chi connectivity index (χ1) is 7.16. The van der Waals surface area contributed by atoms with Crippen LogP contribution in [0.25, 0.3) is 0 Å². The second-order valence-corrected chi connectivity index (χ2v) is 4.02. The summed E-state index contributed by atoms with van der Waals surface area (Å²) in [5.41, 5.74) is 5.82. The molecule has 0 aliphatic carbocycles. The number of aromatic hydroxyl groups is 1. The first kappa shape index (κ1) is 9.72. The van der Waals surface area contributed by atoms with Gasteiger partial charge in [-0.2, -0.15) is 0 Å². The third-order valence-electron chi connectivity index (χ3n) is 1.75. The molecule has 0 aliphatic heterocycles. The average Bonchev–Trinajstić information content (AvgIpc) is 2.59. The first-order valence-corrected chi connectivity index (χ1v) is 5.04. The highest BCUT2D eigenvalue weighted by Crippen LogP contribution is 2.34. The fourth-order valence-corrected chi connectivity index (χ4v) is 1.58. The quantitative estimate of drug-likeness (QED) is 0.600. The SMILES string of the molecule is Cc1nnc(Oc2cccc(O)c2N)s1. The van der Waals surface area contributed by atoms with Crippen molar-refractivity contribution in [2.45, 2.75) is 6.92 Å². The Morgan fingerprint density at radius 2 is 2.20 bits per heavy atom. The Kier molecular flexibility index (Phi) is 2.42. The first-order valence-electron chi connectivity index (χ1n) is 4.22. The molecule has 0 saturated heterocycles. The van der Waals surface area contributed by atoms with Crippen LogP contribution < -0.4 is 10.5 Å². The lowest BCUT2D eigenvalue weighted by molar-refractivity contribution is 0.455. The molecule has 1 heterocycles. The van der Waals surface area contributed by atoms with Gasteiger partial charge in [-0.15, -0.1) is 5.10 Å². The summed E-state index contributed by atoms with van der Waals surface area (Å²) >= 11 is 1.32. The van der Waals surface area contributed by atoms with E-state index < -0.39 is 0 Å². The lowest BCUT2D eigenvalue weighted by Crippen LogP contribution is -1.91. The molecule has 0 saturated carbocycles. The molecule has 2 rings (SSSR count). The molecule has 1 aromatic carbocycles. The Morgan fingerprint density at radius 1 is 1.40 bits per heavy atom. The van der Waals surface area contributed by atoms with Gasteiger partial charge in [-0.3, -0.25) is 0 Å². The molecular formula is C9H9N3O2S. The van der Waals surface area contributed by atoms with Crippen LogP contribution in [-0.2, 0) is 0 Å². The van der Waals surface area contributed by atoms with E-state index in [1.54, 1.807) is 12.1 Å². The smallest absolute Gasteiger partial charge is 0.299 e. The number of para-hydroxylation sites is 1. The normalized spacial score (nSPS) is 10.2. The second kappa shape index (κ2) is 3.74. The van der Waals surface area contributed by atoms with Gasteiger partial charge in [0.2, 0.25) is 0 Å². The fraction of sp³-hybridized carbons (Fsp3) is 0.111. The van der Waals surface area contributed by atoms with Gasteiger partial charge in [-0.05, 0) is 19.1 Å². The van der Waals surface area contributed by atoms with Crippen LogP contribution in [0.1, 0.15) is 5.01 Å². The van der Waals surface area contributed by atoms with E-state index >= 15 is 0 Å². The minimum atomic E-state index is -0.00580. The second-order valence-electron chi connectivity index (χ2n) is 2.88. The highest BCUT2D eigenvalue weighted by Gasteiger charge is 2.08. The third kappa shape index (κ3) is 1.99. The molecule has 0 bridgehead atoms. The van der Waals surface area contributed by atoms with Crippen LogP contribution in [0.3, 0.4) is 0 Å². The fourth-order valence-electron chi connectivity index (χ4n) is 1.04. The van der Waals surface area contributed by atoms with Gasteiger partial charge in [0.1, 0.15) is 16.4 Å². The van der Waals surface area contributed by atoms with Crippen LogP contribution >= 0.6 is 11.3 Å². The maximum atomic E-state index is 9.35. The van der Waals surface area contributed by atoms with Crippen molar-refractivity contribution in [2.24, 2.45) is 0 Å². The topological polar surface area (TPSA) is 81.3 Å². The van der Waals surface area contributed by atoms with E-state index in [9.17, 15) is 5.11 Å². The van der Waals surface area contributed by atoms with Gasteiger partial charge in [0.05, 0.1) is 0 Å². The van der Waals surface area contributed by atoms with Crippen molar-refractivity contribution in [2.75, 3.05) is 5.73 Å². The molecule has 0 radical (unpaired) electrons.